The van der Waals surface area contributed by atoms with E-state index in [1.165, 1.54) is 19.5 Å². The molecule has 1 aromatic carbocycles. The number of hydrogen-bond donors (Lipinski definition) is 7. The lowest BCUT2D eigenvalue weighted by Crippen LogP contribution is -2.42. The van der Waals surface area contributed by atoms with Crippen LogP contribution in [0.2, 0.25) is 5.02 Å². The van der Waals surface area contributed by atoms with Gasteiger partial charge in [0.25, 0.3) is 0 Å². The van der Waals surface area contributed by atoms with E-state index in [0.717, 1.165) is 18.2 Å². The Morgan fingerprint density at radius 2 is 1.84 bits per heavy atom. The number of carbonyl (C=O) groups excluding carboxylic acids is 1. The lowest BCUT2D eigenvalue weighted by Gasteiger charge is -2.30. The van der Waals surface area contributed by atoms with Gasteiger partial charge < -0.3 is 30.1 Å². The molecule has 2 heterocycles. The van der Waals surface area contributed by atoms with Gasteiger partial charge in [0.15, 0.2) is 0 Å². The first kappa shape index (κ1) is 27.0. The van der Waals surface area contributed by atoms with E-state index in [2.05, 4.69) is 26.7 Å². The smallest absolute Gasteiger partial charge is 0.430 e. The molecule has 15 heteroatoms. The van der Waals surface area contributed by atoms with Gasteiger partial charge in [0.2, 0.25) is 12.9 Å². The average Bonchev–Trinajstić information content (AvgIpc) is 2.63. The van der Waals surface area contributed by atoms with Crippen molar-refractivity contribution in [2.45, 2.75) is 24.7 Å². The van der Waals surface area contributed by atoms with Gasteiger partial charge in [0, 0.05) is 10.6 Å². The maximum atomic E-state index is 13.2. The molecule has 1 saturated heterocycles. The molecule has 0 amide bonds. The number of ether oxygens (including phenoxy) is 2. The predicted molar refractivity (Wildman–Crippen MR) is 96.6 cm³/mol. The third-order valence-corrected chi connectivity index (χ3v) is 3.99. The summed E-state index contributed by atoms with van der Waals surface area (Å²) < 4.78 is 48.8. The molecule has 0 aliphatic carbocycles. The van der Waals surface area contributed by atoms with Gasteiger partial charge >= 0.3 is 18.1 Å². The fraction of sp³-hybridized carbons (Fsp3) is 0.438. The lowest BCUT2D eigenvalue weighted by atomic mass is 9.98. The number of alkyl halides is 3. The number of halogens is 4. The fourth-order valence-electron chi connectivity index (χ4n) is 2.28. The normalized spacial score (nSPS) is 17.4. The molecule has 1 unspecified atom stereocenters. The number of fused-ring (bicyclic) bond motifs is 1. The Morgan fingerprint density at radius 1 is 1.29 bits per heavy atom. The van der Waals surface area contributed by atoms with Gasteiger partial charge in [-0.05, 0) is 37.7 Å². The number of quaternary nitrogens is 1. The number of carbonyl (C=O) groups is 1. The van der Waals surface area contributed by atoms with Crippen molar-refractivity contribution in [1.82, 2.24) is 5.32 Å². The predicted octanol–water partition coefficient (Wildman–Crippen LogP) is -0.878. The summed E-state index contributed by atoms with van der Waals surface area (Å²) in [4.78, 5) is 15.8. The van der Waals surface area contributed by atoms with Gasteiger partial charge in [0.05, 0.1) is 11.1 Å². The third kappa shape index (κ3) is 7.57. The van der Waals surface area contributed by atoms with E-state index in [1.807, 2.05) is 0 Å². The van der Waals surface area contributed by atoms with Crippen LogP contribution in [0.5, 0.6) is 5.75 Å². The molecule has 0 aromatic heterocycles. The number of nitrogens with one attached hydrogen (secondary N) is 1. The van der Waals surface area contributed by atoms with Gasteiger partial charge in [-0.2, -0.15) is 13.2 Å². The monoisotopic (exact) mass is 476 g/mol. The molecule has 0 bridgehead atoms. The van der Waals surface area contributed by atoms with E-state index in [1.54, 1.807) is 0 Å². The minimum absolute atomic E-state index is 0.168. The molecule has 10 N–H and O–H groups in total. The van der Waals surface area contributed by atoms with Gasteiger partial charge in [-0.1, -0.05) is 11.6 Å². The summed E-state index contributed by atoms with van der Waals surface area (Å²) in [5, 5.41) is 37.6. The molecule has 2 aliphatic rings. The number of nitrogens with two attached hydrogens (primary N) is 1. The molecule has 1 aromatic rings. The van der Waals surface area contributed by atoms with Crippen LogP contribution < -0.4 is 21.8 Å². The lowest BCUT2D eigenvalue weighted by molar-refractivity contribution is -0.670. The number of esters is 1. The Hall–Kier alpha value is -2.01. The van der Waals surface area contributed by atoms with E-state index in [4.69, 9.17) is 21.5 Å². The second-order valence-electron chi connectivity index (χ2n) is 5.97. The van der Waals surface area contributed by atoms with Crippen LogP contribution in [0.3, 0.4) is 0 Å². The highest BCUT2D eigenvalue weighted by Gasteiger charge is 2.50. The highest BCUT2D eigenvalue weighted by atomic mass is 35.5. The van der Waals surface area contributed by atoms with Crippen LogP contribution in [-0.4, -0.2) is 58.7 Å². The summed E-state index contributed by atoms with van der Waals surface area (Å²) in [6, 6.07) is 1.89. The number of rotatable bonds is 4. The summed E-state index contributed by atoms with van der Waals surface area (Å²) in [5.74, 6) is 1.22. The van der Waals surface area contributed by atoms with Crippen LogP contribution in [0.1, 0.15) is 17.5 Å². The van der Waals surface area contributed by atoms with Crippen LogP contribution in [0.15, 0.2) is 17.7 Å². The van der Waals surface area contributed by atoms with Crippen molar-refractivity contribution < 1.29 is 58.7 Å². The van der Waals surface area contributed by atoms with Crippen molar-refractivity contribution in [3.05, 3.63) is 33.9 Å². The van der Waals surface area contributed by atoms with Crippen LogP contribution in [-0.2, 0) is 20.3 Å². The summed E-state index contributed by atoms with van der Waals surface area (Å²) >= 11 is 5.73. The van der Waals surface area contributed by atoms with Crippen molar-refractivity contribution in [2.75, 3.05) is 19.9 Å². The Morgan fingerprint density at radius 3 is 2.26 bits per heavy atom. The third-order valence-electron chi connectivity index (χ3n) is 3.77. The quantitative estimate of drug-likeness (QED) is 0.163. The largest absolute Gasteiger partial charge is 0.475 e. The van der Waals surface area contributed by atoms with Crippen molar-refractivity contribution >= 4 is 23.6 Å². The van der Waals surface area contributed by atoms with Crippen LogP contribution in [0, 0.1) is 0 Å². The van der Waals surface area contributed by atoms with Gasteiger partial charge in [-0.3, -0.25) is 4.84 Å². The molecule has 0 saturated carbocycles. The first-order chi connectivity index (χ1) is 14.4. The molecular weight excluding hydrogens is 455 g/mol. The molecular formula is C16H22ClF3N3O8+. The molecule has 0 spiro atoms. The second kappa shape index (κ2) is 11.6. The SMILES string of the molecule is C1CNC1.NOCOC(=O)C1=Cc2cc(Cl)cc(C(O)(O)O)c2OC1C(F)(F)F.[NH3+]O. The zero-order chi connectivity index (χ0) is 23.8. The number of hydrogen-bond acceptors (Lipinski definition) is 10. The Bertz CT molecular complexity index is 779. The fourth-order valence-corrected chi connectivity index (χ4v) is 2.51. The molecule has 176 valence electrons. The maximum absolute atomic E-state index is 13.2. The van der Waals surface area contributed by atoms with E-state index in [0.29, 0.717) is 0 Å². The van der Waals surface area contributed by atoms with Crippen molar-refractivity contribution in [3.63, 3.8) is 0 Å². The maximum Gasteiger partial charge on any atom is 0.430 e. The Kier molecular flexibility index (Phi) is 10.1. The zero-order valence-corrected chi connectivity index (χ0v) is 16.6. The van der Waals surface area contributed by atoms with Gasteiger partial charge in [0.1, 0.15) is 5.75 Å². The summed E-state index contributed by atoms with van der Waals surface area (Å²) in [6.45, 7) is 1.70. The summed E-state index contributed by atoms with van der Waals surface area (Å²) in [5.41, 5.74) is -2.01. The van der Waals surface area contributed by atoms with Crippen LogP contribution in [0.25, 0.3) is 6.08 Å². The van der Waals surface area contributed by atoms with E-state index in [-0.39, 0.29) is 10.6 Å². The van der Waals surface area contributed by atoms with E-state index in [9.17, 15) is 33.3 Å². The topological polar surface area (TPSA) is 191 Å². The minimum Gasteiger partial charge on any atom is -0.475 e. The van der Waals surface area contributed by atoms with Gasteiger partial charge in [-0.15, -0.1) is 0 Å². The first-order valence-electron chi connectivity index (χ1n) is 8.42. The minimum atomic E-state index is -5.06. The van der Waals surface area contributed by atoms with Gasteiger partial charge in [-0.25, -0.2) is 21.8 Å². The van der Waals surface area contributed by atoms with Crippen molar-refractivity contribution in [1.29, 1.82) is 0 Å². The molecule has 1 atom stereocenters. The highest BCUT2D eigenvalue weighted by Crippen LogP contribution is 2.42. The van der Waals surface area contributed by atoms with Crippen molar-refractivity contribution in [3.8, 4) is 5.75 Å². The second-order valence-corrected chi connectivity index (χ2v) is 6.40. The molecule has 3 rings (SSSR count). The molecule has 11 nitrogen and oxygen atoms in total. The number of benzene rings is 1. The van der Waals surface area contributed by atoms with E-state index >= 15 is 0 Å². The molecule has 1 fully saturated rings. The number of aliphatic hydroxyl groups is 3. The van der Waals surface area contributed by atoms with Crippen molar-refractivity contribution in [2.24, 2.45) is 5.90 Å². The van der Waals surface area contributed by atoms with Crippen LogP contribution >= 0.6 is 11.6 Å². The molecule has 0 radical (unpaired) electrons. The van der Waals surface area contributed by atoms with Crippen LogP contribution in [0.4, 0.5) is 13.2 Å². The molecule has 2 aliphatic heterocycles. The first-order valence-corrected chi connectivity index (χ1v) is 8.80. The average molecular weight is 477 g/mol. The Labute approximate surface area is 178 Å². The summed E-state index contributed by atoms with van der Waals surface area (Å²) in [6.07, 6.45) is -5.74. The zero-order valence-electron chi connectivity index (χ0n) is 15.9. The standard InChI is InChI=1S/C13H11ClF3NO7.C3H7N.H4NO/c14-6-1-5-2-7(11(19)23-4-24-18)10(12(15,16)17)25-9(5)8(3-6)13(20,21)22;1-2-4-3-1;1-2/h1-3,10,20-22H,4,18H2;4H,1-3H2;2H,1H3/q;;+1. The molecule has 31 heavy (non-hydrogen) atoms. The summed E-state index contributed by atoms with van der Waals surface area (Å²) in [7, 11) is 0. The Balaban J connectivity index is 0.000000700. The van der Waals surface area contributed by atoms with E-state index < -0.39 is 47.9 Å². The highest BCUT2D eigenvalue weighted by molar-refractivity contribution is 6.31.